The molecule has 4 rings (SSSR count). The van der Waals surface area contributed by atoms with Crippen molar-refractivity contribution in [2.75, 3.05) is 45.4 Å². The number of methoxy groups -OCH3 is 1. The monoisotopic (exact) mass is 421 g/mol. The summed E-state index contributed by atoms with van der Waals surface area (Å²) in [5.41, 5.74) is 1.92. The van der Waals surface area contributed by atoms with Gasteiger partial charge in [0.05, 0.1) is 33.3 Å². The van der Waals surface area contributed by atoms with E-state index in [2.05, 4.69) is 11.4 Å². The van der Waals surface area contributed by atoms with Gasteiger partial charge in [0.15, 0.2) is 11.5 Å². The van der Waals surface area contributed by atoms with Crippen molar-refractivity contribution in [3.63, 3.8) is 0 Å². The SMILES string of the molecule is COc1ccc(NC(=O)/C(C#N)=C\N2CC[NH+](Cc3ccc4c(c3)OCO4)CC2)cc1. The highest BCUT2D eigenvalue weighted by molar-refractivity contribution is 6.06. The molecule has 2 N–H and O–H groups in total. The van der Waals surface area contributed by atoms with E-state index in [1.54, 1.807) is 37.6 Å². The highest BCUT2D eigenvalue weighted by Gasteiger charge is 2.21. The largest absolute Gasteiger partial charge is 0.497 e. The maximum atomic E-state index is 12.5. The smallest absolute Gasteiger partial charge is 0.267 e. The molecule has 2 heterocycles. The summed E-state index contributed by atoms with van der Waals surface area (Å²) in [5, 5.41) is 12.2. The van der Waals surface area contributed by atoms with E-state index in [0.717, 1.165) is 44.2 Å². The second-order valence-electron chi connectivity index (χ2n) is 7.49. The van der Waals surface area contributed by atoms with Crippen LogP contribution in [0.15, 0.2) is 54.2 Å². The number of nitrogens with one attached hydrogen (secondary N) is 2. The summed E-state index contributed by atoms with van der Waals surface area (Å²) in [7, 11) is 1.58. The van der Waals surface area contributed by atoms with Gasteiger partial charge in [-0.2, -0.15) is 5.26 Å². The lowest BCUT2D eigenvalue weighted by Crippen LogP contribution is -3.13. The fourth-order valence-corrected chi connectivity index (χ4v) is 3.68. The Hall–Kier alpha value is -3.70. The van der Waals surface area contributed by atoms with Crippen LogP contribution in [0.3, 0.4) is 0 Å². The van der Waals surface area contributed by atoms with Crippen LogP contribution in [0, 0.1) is 11.3 Å². The van der Waals surface area contributed by atoms with Crippen molar-refractivity contribution in [3.8, 4) is 23.3 Å². The number of hydrogen-bond acceptors (Lipinski definition) is 6. The minimum atomic E-state index is -0.414. The first kappa shape index (κ1) is 20.6. The third-order valence-corrected chi connectivity index (χ3v) is 5.42. The summed E-state index contributed by atoms with van der Waals surface area (Å²) in [6.45, 7) is 4.58. The molecule has 0 saturated carbocycles. The first-order valence-electron chi connectivity index (χ1n) is 10.2. The van der Waals surface area contributed by atoms with Crippen LogP contribution in [0.1, 0.15) is 5.56 Å². The first-order valence-corrected chi connectivity index (χ1v) is 10.2. The third kappa shape index (κ3) is 5.08. The fraction of sp³-hybridized carbons (Fsp3) is 0.304. The van der Waals surface area contributed by atoms with Gasteiger partial charge >= 0.3 is 0 Å². The Morgan fingerprint density at radius 3 is 2.65 bits per heavy atom. The molecule has 0 bridgehead atoms. The van der Waals surface area contributed by atoms with E-state index >= 15 is 0 Å². The zero-order valence-corrected chi connectivity index (χ0v) is 17.4. The summed E-state index contributed by atoms with van der Waals surface area (Å²) in [4.78, 5) is 16.0. The summed E-state index contributed by atoms with van der Waals surface area (Å²) in [5.74, 6) is 1.89. The van der Waals surface area contributed by atoms with Gasteiger partial charge in [0.25, 0.3) is 5.91 Å². The number of fused-ring (bicyclic) bond motifs is 1. The molecule has 31 heavy (non-hydrogen) atoms. The Morgan fingerprint density at radius 2 is 1.94 bits per heavy atom. The zero-order valence-electron chi connectivity index (χ0n) is 17.4. The average Bonchev–Trinajstić information content (AvgIpc) is 3.27. The van der Waals surface area contributed by atoms with Gasteiger partial charge in [-0.15, -0.1) is 0 Å². The lowest BCUT2D eigenvalue weighted by molar-refractivity contribution is -0.917. The van der Waals surface area contributed by atoms with Crippen LogP contribution in [0.5, 0.6) is 17.2 Å². The summed E-state index contributed by atoms with van der Waals surface area (Å²) in [6.07, 6.45) is 1.66. The molecule has 0 spiro atoms. The van der Waals surface area contributed by atoms with Crippen molar-refractivity contribution >= 4 is 11.6 Å². The molecule has 2 aromatic carbocycles. The van der Waals surface area contributed by atoms with Crippen LogP contribution in [0.2, 0.25) is 0 Å². The van der Waals surface area contributed by atoms with Gasteiger partial charge < -0.3 is 29.3 Å². The molecule has 0 aliphatic carbocycles. The number of amides is 1. The molecule has 2 aliphatic rings. The van der Waals surface area contributed by atoms with Crippen molar-refractivity contribution in [3.05, 3.63) is 59.8 Å². The number of nitriles is 1. The fourth-order valence-electron chi connectivity index (χ4n) is 3.68. The molecule has 1 saturated heterocycles. The molecule has 0 atom stereocenters. The highest BCUT2D eigenvalue weighted by Crippen LogP contribution is 2.32. The molecule has 8 heteroatoms. The maximum absolute atomic E-state index is 12.5. The van der Waals surface area contributed by atoms with E-state index < -0.39 is 5.91 Å². The van der Waals surface area contributed by atoms with Crippen LogP contribution in [0.4, 0.5) is 5.69 Å². The predicted octanol–water partition coefficient (Wildman–Crippen LogP) is 1.17. The predicted molar refractivity (Wildman–Crippen MR) is 114 cm³/mol. The summed E-state index contributed by atoms with van der Waals surface area (Å²) < 4.78 is 15.9. The van der Waals surface area contributed by atoms with Crippen LogP contribution in [-0.2, 0) is 11.3 Å². The average molecular weight is 421 g/mol. The summed E-state index contributed by atoms with van der Waals surface area (Å²) in [6, 6.07) is 15.1. The molecule has 8 nitrogen and oxygen atoms in total. The summed E-state index contributed by atoms with van der Waals surface area (Å²) >= 11 is 0. The zero-order chi connectivity index (χ0) is 21.6. The minimum Gasteiger partial charge on any atom is -0.497 e. The number of quaternary nitrogens is 1. The number of rotatable bonds is 6. The Morgan fingerprint density at radius 1 is 1.19 bits per heavy atom. The number of carbonyl (C=O) groups is 1. The molecule has 2 aromatic rings. The number of nitrogens with zero attached hydrogens (tertiary/aromatic N) is 2. The first-order chi connectivity index (χ1) is 15.1. The molecule has 1 fully saturated rings. The van der Waals surface area contributed by atoms with Crippen LogP contribution >= 0.6 is 0 Å². The number of benzene rings is 2. The van der Waals surface area contributed by atoms with Crippen LogP contribution in [0.25, 0.3) is 0 Å². The standard InChI is InChI=1S/C23H24N4O4/c1-29-20-5-3-19(4-6-20)25-23(28)18(13-24)15-27-10-8-26(9-11-27)14-17-2-7-21-22(12-17)31-16-30-21/h2-7,12,15H,8-11,14,16H2,1H3,(H,25,28)/p+1/b18-15-. The second kappa shape index (κ2) is 9.41. The lowest BCUT2D eigenvalue weighted by Gasteiger charge is -2.31. The molecule has 160 valence electrons. The van der Waals surface area contributed by atoms with Crippen molar-refractivity contribution < 1.29 is 23.9 Å². The highest BCUT2D eigenvalue weighted by atomic mass is 16.7. The van der Waals surface area contributed by atoms with Crippen molar-refractivity contribution in [1.29, 1.82) is 5.26 Å². The van der Waals surface area contributed by atoms with Gasteiger partial charge in [-0.05, 0) is 42.5 Å². The van der Waals surface area contributed by atoms with Crippen molar-refractivity contribution in [1.82, 2.24) is 4.90 Å². The van der Waals surface area contributed by atoms with Crippen molar-refractivity contribution in [2.24, 2.45) is 0 Å². The van der Waals surface area contributed by atoms with E-state index in [4.69, 9.17) is 14.2 Å². The molecule has 1 amide bonds. The van der Waals surface area contributed by atoms with E-state index in [0.29, 0.717) is 11.4 Å². The Bertz CT molecular complexity index is 1010. The number of ether oxygens (including phenoxy) is 3. The second-order valence-corrected chi connectivity index (χ2v) is 7.49. The van der Waals surface area contributed by atoms with Crippen LogP contribution in [-0.4, -0.2) is 50.9 Å². The minimum absolute atomic E-state index is 0.0926. The molecular formula is C23H25N4O4+. The number of hydrogen-bond donors (Lipinski definition) is 2. The van der Waals surface area contributed by atoms with Gasteiger partial charge in [-0.1, -0.05) is 0 Å². The molecule has 0 unspecified atom stereocenters. The number of piperazine rings is 1. The van der Waals surface area contributed by atoms with E-state index in [-0.39, 0.29) is 12.4 Å². The quantitative estimate of drug-likeness (QED) is 0.538. The van der Waals surface area contributed by atoms with E-state index in [9.17, 15) is 10.1 Å². The molecular weight excluding hydrogens is 396 g/mol. The Kier molecular flexibility index (Phi) is 6.24. The van der Waals surface area contributed by atoms with E-state index in [1.807, 2.05) is 23.1 Å². The molecule has 2 aliphatic heterocycles. The Labute approximate surface area is 181 Å². The number of carbonyl (C=O) groups excluding carboxylic acids is 1. The van der Waals surface area contributed by atoms with Gasteiger partial charge in [0, 0.05) is 17.5 Å². The number of anilines is 1. The van der Waals surface area contributed by atoms with E-state index in [1.165, 1.54) is 10.5 Å². The van der Waals surface area contributed by atoms with Crippen LogP contribution < -0.4 is 24.4 Å². The lowest BCUT2D eigenvalue weighted by atomic mass is 10.1. The van der Waals surface area contributed by atoms with Gasteiger partial charge in [-0.3, -0.25) is 4.79 Å². The maximum Gasteiger partial charge on any atom is 0.267 e. The van der Waals surface area contributed by atoms with Gasteiger partial charge in [0.2, 0.25) is 6.79 Å². The van der Waals surface area contributed by atoms with Gasteiger partial charge in [-0.25, -0.2) is 0 Å². The van der Waals surface area contributed by atoms with Gasteiger partial charge in [0.1, 0.15) is 23.9 Å². The normalized spacial score (nSPS) is 16.0. The topological polar surface area (TPSA) is 88.3 Å². The third-order valence-electron chi connectivity index (χ3n) is 5.42. The van der Waals surface area contributed by atoms with Crippen molar-refractivity contribution in [2.45, 2.75) is 6.54 Å². The molecule has 0 radical (unpaired) electrons. The Balaban J connectivity index is 1.30. The molecule has 0 aromatic heterocycles.